The summed E-state index contributed by atoms with van der Waals surface area (Å²) in [6.07, 6.45) is 3.39. The van der Waals surface area contributed by atoms with E-state index in [1.807, 2.05) is 47.3 Å². The van der Waals surface area contributed by atoms with Crippen LogP contribution in [-0.4, -0.2) is 20.7 Å². The molecular formula is C18H14N4OS. The van der Waals surface area contributed by atoms with Gasteiger partial charge in [-0.3, -0.25) is 14.5 Å². The fraction of sp³-hybridized carbons (Fsp3) is 0.0556. The number of amides is 1. The number of nitrogens with zero attached hydrogens (tertiary/aromatic N) is 3. The van der Waals surface area contributed by atoms with E-state index >= 15 is 0 Å². The number of carbonyl (C=O) groups excluding carboxylic acids is 1. The second-order valence-electron chi connectivity index (χ2n) is 5.38. The smallest absolute Gasteiger partial charge is 0.267 e. The van der Waals surface area contributed by atoms with E-state index < -0.39 is 0 Å². The minimum absolute atomic E-state index is 0.145. The number of hydrogen-bond donors (Lipinski definition) is 1. The molecule has 4 rings (SSSR count). The van der Waals surface area contributed by atoms with Crippen LogP contribution in [0.5, 0.6) is 0 Å². The zero-order valence-electron chi connectivity index (χ0n) is 12.7. The van der Waals surface area contributed by atoms with E-state index in [1.54, 1.807) is 11.7 Å². The molecule has 2 aromatic carbocycles. The molecule has 0 saturated heterocycles. The van der Waals surface area contributed by atoms with Crippen molar-refractivity contribution < 1.29 is 4.79 Å². The van der Waals surface area contributed by atoms with E-state index in [4.69, 9.17) is 0 Å². The molecule has 5 nitrogen and oxygen atoms in total. The Morgan fingerprint density at radius 2 is 2.00 bits per heavy atom. The van der Waals surface area contributed by atoms with Crippen LogP contribution >= 0.6 is 11.3 Å². The summed E-state index contributed by atoms with van der Waals surface area (Å²) in [5.74, 6) is -0.145. The number of aromatic nitrogens is 3. The standard InChI is InChI=1S/C18H14N4OS/c23-18(17-10-19-12-24-17)21-15-6-7-16-14(8-15)9-20-22(16)11-13-4-2-1-3-5-13/h1-10,12H,11H2,(H,21,23). The van der Waals surface area contributed by atoms with Crippen LogP contribution in [0.2, 0.25) is 0 Å². The third-order valence-electron chi connectivity index (χ3n) is 3.73. The highest BCUT2D eigenvalue weighted by Gasteiger charge is 2.09. The highest BCUT2D eigenvalue weighted by molar-refractivity contribution is 7.11. The van der Waals surface area contributed by atoms with Crippen LogP contribution in [0.4, 0.5) is 5.69 Å². The van der Waals surface area contributed by atoms with Gasteiger partial charge in [0, 0.05) is 11.1 Å². The molecule has 4 aromatic rings. The minimum atomic E-state index is -0.145. The van der Waals surface area contributed by atoms with E-state index in [9.17, 15) is 4.79 Å². The quantitative estimate of drug-likeness (QED) is 0.617. The minimum Gasteiger partial charge on any atom is -0.321 e. The summed E-state index contributed by atoms with van der Waals surface area (Å²) in [5, 5.41) is 8.34. The number of hydrogen-bond acceptors (Lipinski definition) is 4. The van der Waals surface area contributed by atoms with Gasteiger partial charge in [-0.05, 0) is 23.8 Å². The molecule has 0 spiro atoms. The monoisotopic (exact) mass is 334 g/mol. The van der Waals surface area contributed by atoms with Gasteiger partial charge >= 0.3 is 0 Å². The molecule has 0 radical (unpaired) electrons. The second-order valence-corrected chi connectivity index (χ2v) is 6.27. The molecule has 0 atom stereocenters. The van der Waals surface area contributed by atoms with Crippen LogP contribution in [0, 0.1) is 0 Å². The van der Waals surface area contributed by atoms with Gasteiger partial charge in [-0.2, -0.15) is 5.10 Å². The molecule has 2 aromatic heterocycles. The first-order valence-corrected chi connectivity index (χ1v) is 8.37. The molecule has 24 heavy (non-hydrogen) atoms. The van der Waals surface area contributed by atoms with Gasteiger partial charge < -0.3 is 5.32 Å². The van der Waals surface area contributed by atoms with E-state index in [2.05, 4.69) is 27.5 Å². The maximum atomic E-state index is 12.1. The Morgan fingerprint density at radius 1 is 1.12 bits per heavy atom. The number of anilines is 1. The Hall–Kier alpha value is -2.99. The molecule has 0 fully saturated rings. The number of fused-ring (bicyclic) bond motifs is 1. The third-order valence-corrected chi connectivity index (χ3v) is 4.50. The zero-order chi connectivity index (χ0) is 16.4. The molecule has 1 amide bonds. The third kappa shape index (κ3) is 2.91. The van der Waals surface area contributed by atoms with Crippen LogP contribution in [-0.2, 0) is 6.54 Å². The van der Waals surface area contributed by atoms with Crippen molar-refractivity contribution in [1.29, 1.82) is 0 Å². The summed E-state index contributed by atoms with van der Waals surface area (Å²) in [4.78, 5) is 16.6. The molecular weight excluding hydrogens is 320 g/mol. The molecule has 0 aliphatic carbocycles. The zero-order valence-corrected chi connectivity index (χ0v) is 13.5. The average molecular weight is 334 g/mol. The molecule has 2 heterocycles. The summed E-state index contributed by atoms with van der Waals surface area (Å²) in [7, 11) is 0. The van der Waals surface area contributed by atoms with Crippen molar-refractivity contribution in [2.24, 2.45) is 0 Å². The number of rotatable bonds is 4. The van der Waals surface area contributed by atoms with E-state index in [1.165, 1.54) is 16.9 Å². The number of benzene rings is 2. The average Bonchev–Trinajstić information content (AvgIpc) is 3.26. The fourth-order valence-corrected chi connectivity index (χ4v) is 3.08. The highest BCUT2D eigenvalue weighted by Crippen LogP contribution is 2.21. The summed E-state index contributed by atoms with van der Waals surface area (Å²) in [6, 6.07) is 16.0. The van der Waals surface area contributed by atoms with Crippen molar-refractivity contribution in [3.05, 3.63) is 76.9 Å². The van der Waals surface area contributed by atoms with Crippen LogP contribution in [0.1, 0.15) is 15.2 Å². The first-order chi connectivity index (χ1) is 11.8. The number of nitrogens with one attached hydrogen (secondary N) is 1. The van der Waals surface area contributed by atoms with Crippen molar-refractivity contribution >= 4 is 33.8 Å². The van der Waals surface area contributed by atoms with Crippen molar-refractivity contribution in [3.63, 3.8) is 0 Å². The fourth-order valence-electron chi connectivity index (χ4n) is 2.57. The van der Waals surface area contributed by atoms with Gasteiger partial charge in [0.25, 0.3) is 5.91 Å². The first kappa shape index (κ1) is 14.6. The lowest BCUT2D eigenvalue weighted by Gasteiger charge is -2.06. The summed E-state index contributed by atoms with van der Waals surface area (Å²) >= 11 is 1.32. The van der Waals surface area contributed by atoms with E-state index in [0.29, 0.717) is 4.88 Å². The van der Waals surface area contributed by atoms with Crippen molar-refractivity contribution in [1.82, 2.24) is 14.8 Å². The Balaban J connectivity index is 1.57. The van der Waals surface area contributed by atoms with Gasteiger partial charge in [0.1, 0.15) is 4.88 Å². The number of carbonyl (C=O) groups is 1. The van der Waals surface area contributed by atoms with Crippen LogP contribution < -0.4 is 5.32 Å². The van der Waals surface area contributed by atoms with Crippen molar-refractivity contribution in [3.8, 4) is 0 Å². The molecule has 118 valence electrons. The Kier molecular flexibility index (Phi) is 3.80. The highest BCUT2D eigenvalue weighted by atomic mass is 32.1. The largest absolute Gasteiger partial charge is 0.321 e. The lowest BCUT2D eigenvalue weighted by molar-refractivity contribution is 0.103. The summed E-state index contributed by atoms with van der Waals surface area (Å²) in [6.45, 7) is 0.719. The first-order valence-electron chi connectivity index (χ1n) is 7.49. The Labute approximate surface area is 142 Å². The van der Waals surface area contributed by atoms with E-state index in [-0.39, 0.29) is 5.91 Å². The molecule has 0 saturated carbocycles. The van der Waals surface area contributed by atoms with Gasteiger partial charge in [0.05, 0.1) is 30.0 Å². The SMILES string of the molecule is O=C(Nc1ccc2c(cnn2Cc2ccccc2)c1)c1cncs1. The molecule has 0 aliphatic heterocycles. The summed E-state index contributed by atoms with van der Waals surface area (Å²) < 4.78 is 1.96. The van der Waals surface area contributed by atoms with E-state index in [0.717, 1.165) is 23.1 Å². The summed E-state index contributed by atoms with van der Waals surface area (Å²) in [5.41, 5.74) is 4.63. The van der Waals surface area contributed by atoms with Crippen LogP contribution in [0.25, 0.3) is 10.9 Å². The molecule has 0 bridgehead atoms. The molecule has 6 heteroatoms. The van der Waals surface area contributed by atoms with Gasteiger partial charge in [-0.25, -0.2) is 0 Å². The maximum Gasteiger partial charge on any atom is 0.267 e. The van der Waals surface area contributed by atoms with Crippen LogP contribution in [0.15, 0.2) is 66.4 Å². The van der Waals surface area contributed by atoms with Crippen molar-refractivity contribution in [2.75, 3.05) is 5.32 Å². The lowest BCUT2D eigenvalue weighted by atomic mass is 10.2. The van der Waals surface area contributed by atoms with Crippen molar-refractivity contribution in [2.45, 2.75) is 6.54 Å². The molecule has 0 aliphatic rings. The predicted molar refractivity (Wildman–Crippen MR) is 95.3 cm³/mol. The Morgan fingerprint density at radius 3 is 2.79 bits per heavy atom. The number of thiazole rings is 1. The van der Waals surface area contributed by atoms with Crippen LogP contribution in [0.3, 0.4) is 0 Å². The maximum absolute atomic E-state index is 12.1. The van der Waals surface area contributed by atoms with Gasteiger partial charge in [-0.1, -0.05) is 30.3 Å². The lowest BCUT2D eigenvalue weighted by Crippen LogP contribution is -2.10. The predicted octanol–water partition coefficient (Wildman–Crippen LogP) is 3.79. The van der Waals surface area contributed by atoms with Gasteiger partial charge in [0.2, 0.25) is 0 Å². The molecule has 1 N–H and O–H groups in total. The topological polar surface area (TPSA) is 59.8 Å². The van der Waals surface area contributed by atoms with Gasteiger partial charge in [0.15, 0.2) is 0 Å². The van der Waals surface area contributed by atoms with Gasteiger partial charge in [-0.15, -0.1) is 11.3 Å². The normalized spacial score (nSPS) is 10.8. The second kappa shape index (κ2) is 6.25. The molecule has 0 unspecified atom stereocenters. The Bertz CT molecular complexity index is 977.